The smallest absolute Gasteiger partial charge is 0.251 e. The number of amides is 1. The molecule has 1 heterocycles. The number of benzene rings is 1. The Morgan fingerprint density at radius 2 is 2.00 bits per heavy atom. The fraction of sp³-hybridized carbons (Fsp3) is 0.500. The third-order valence-electron chi connectivity index (χ3n) is 4.85. The van der Waals surface area contributed by atoms with Gasteiger partial charge in [-0.05, 0) is 56.4 Å². The van der Waals surface area contributed by atoms with Crippen molar-refractivity contribution in [2.45, 2.75) is 46.0 Å². The number of carbonyl (C=O) groups is 1. The minimum Gasteiger partial charge on any atom is -0.358 e. The molecule has 0 bridgehead atoms. The van der Waals surface area contributed by atoms with Gasteiger partial charge in [0.1, 0.15) is 0 Å². The van der Waals surface area contributed by atoms with E-state index in [0.29, 0.717) is 5.92 Å². The van der Waals surface area contributed by atoms with E-state index in [9.17, 15) is 4.79 Å². The molecule has 0 aliphatic heterocycles. The summed E-state index contributed by atoms with van der Waals surface area (Å²) in [4.78, 5) is 15.7. The lowest BCUT2D eigenvalue weighted by Gasteiger charge is -2.21. The van der Waals surface area contributed by atoms with Crippen molar-refractivity contribution in [2.24, 2.45) is 5.92 Å². The van der Waals surface area contributed by atoms with Gasteiger partial charge in [-0.1, -0.05) is 19.3 Å². The van der Waals surface area contributed by atoms with Crippen molar-refractivity contribution in [1.29, 1.82) is 0 Å². The van der Waals surface area contributed by atoms with Crippen LogP contribution in [0.1, 0.15) is 53.7 Å². The SMILES string of the molecule is Cc1[nH]c2ccc(C(=O)NCC3CCCCC3)cc2c1C. The molecule has 1 aliphatic carbocycles. The summed E-state index contributed by atoms with van der Waals surface area (Å²) in [6.45, 7) is 4.98. The number of fused-ring (bicyclic) bond motifs is 1. The molecule has 0 atom stereocenters. The largest absolute Gasteiger partial charge is 0.358 e. The molecular weight excluding hydrogens is 260 g/mol. The van der Waals surface area contributed by atoms with Gasteiger partial charge in [0.2, 0.25) is 0 Å². The van der Waals surface area contributed by atoms with Crippen LogP contribution in [0.5, 0.6) is 0 Å². The lowest BCUT2D eigenvalue weighted by molar-refractivity contribution is 0.0943. The quantitative estimate of drug-likeness (QED) is 0.876. The average molecular weight is 284 g/mol. The van der Waals surface area contributed by atoms with Crippen molar-refractivity contribution in [2.75, 3.05) is 6.54 Å². The Kier molecular flexibility index (Phi) is 4.00. The molecule has 1 saturated carbocycles. The molecular formula is C18H24N2O. The molecule has 1 fully saturated rings. The molecule has 0 saturated heterocycles. The van der Waals surface area contributed by atoms with Crippen LogP contribution in [0.25, 0.3) is 10.9 Å². The van der Waals surface area contributed by atoms with Gasteiger partial charge in [0.15, 0.2) is 0 Å². The van der Waals surface area contributed by atoms with Gasteiger partial charge in [0.25, 0.3) is 5.91 Å². The number of hydrogen-bond acceptors (Lipinski definition) is 1. The van der Waals surface area contributed by atoms with Gasteiger partial charge >= 0.3 is 0 Å². The van der Waals surface area contributed by atoms with Crippen LogP contribution in [0.4, 0.5) is 0 Å². The maximum absolute atomic E-state index is 12.3. The van der Waals surface area contributed by atoms with Crippen LogP contribution in [-0.2, 0) is 0 Å². The number of aromatic nitrogens is 1. The number of hydrogen-bond donors (Lipinski definition) is 2. The van der Waals surface area contributed by atoms with Gasteiger partial charge < -0.3 is 10.3 Å². The minimum absolute atomic E-state index is 0.0562. The van der Waals surface area contributed by atoms with Crippen molar-refractivity contribution in [3.8, 4) is 0 Å². The first-order valence-electron chi connectivity index (χ1n) is 8.02. The highest BCUT2D eigenvalue weighted by Gasteiger charge is 2.15. The highest BCUT2D eigenvalue weighted by molar-refractivity contribution is 5.99. The van der Waals surface area contributed by atoms with Crippen LogP contribution in [-0.4, -0.2) is 17.4 Å². The summed E-state index contributed by atoms with van der Waals surface area (Å²) in [5.74, 6) is 0.725. The molecule has 21 heavy (non-hydrogen) atoms. The summed E-state index contributed by atoms with van der Waals surface area (Å²) in [6, 6.07) is 5.92. The number of aryl methyl sites for hydroxylation is 2. The summed E-state index contributed by atoms with van der Waals surface area (Å²) in [6.07, 6.45) is 6.50. The minimum atomic E-state index is 0.0562. The molecule has 1 aromatic heterocycles. The molecule has 1 aromatic carbocycles. The summed E-state index contributed by atoms with van der Waals surface area (Å²) in [5.41, 5.74) is 4.27. The van der Waals surface area contributed by atoms with Crippen molar-refractivity contribution < 1.29 is 4.79 Å². The normalized spacial score (nSPS) is 16.3. The first-order chi connectivity index (χ1) is 10.1. The summed E-state index contributed by atoms with van der Waals surface area (Å²) < 4.78 is 0. The topological polar surface area (TPSA) is 44.9 Å². The lowest BCUT2D eigenvalue weighted by Crippen LogP contribution is -2.30. The Morgan fingerprint density at radius 3 is 2.76 bits per heavy atom. The maximum atomic E-state index is 12.3. The zero-order chi connectivity index (χ0) is 14.8. The molecule has 112 valence electrons. The van der Waals surface area contributed by atoms with Crippen LogP contribution in [0.15, 0.2) is 18.2 Å². The zero-order valence-corrected chi connectivity index (χ0v) is 13.0. The van der Waals surface area contributed by atoms with E-state index in [2.05, 4.69) is 24.1 Å². The molecule has 1 amide bonds. The Morgan fingerprint density at radius 1 is 1.24 bits per heavy atom. The van der Waals surface area contributed by atoms with E-state index in [1.165, 1.54) is 43.4 Å². The van der Waals surface area contributed by atoms with Crippen LogP contribution in [0.2, 0.25) is 0 Å². The lowest BCUT2D eigenvalue weighted by atomic mass is 9.89. The molecule has 3 rings (SSSR count). The second-order valence-corrected chi connectivity index (χ2v) is 6.35. The van der Waals surface area contributed by atoms with E-state index in [0.717, 1.165) is 23.0 Å². The van der Waals surface area contributed by atoms with Crippen molar-refractivity contribution in [1.82, 2.24) is 10.3 Å². The van der Waals surface area contributed by atoms with Gasteiger partial charge in [-0.25, -0.2) is 0 Å². The molecule has 0 spiro atoms. The van der Waals surface area contributed by atoms with Crippen molar-refractivity contribution in [3.05, 3.63) is 35.0 Å². The van der Waals surface area contributed by atoms with Gasteiger partial charge in [0, 0.05) is 28.7 Å². The Hall–Kier alpha value is -1.77. The highest BCUT2D eigenvalue weighted by Crippen LogP contribution is 2.24. The fourth-order valence-electron chi connectivity index (χ4n) is 3.33. The summed E-state index contributed by atoms with van der Waals surface area (Å²) >= 11 is 0. The molecule has 2 N–H and O–H groups in total. The second-order valence-electron chi connectivity index (χ2n) is 6.35. The van der Waals surface area contributed by atoms with E-state index in [1.807, 2.05) is 18.2 Å². The van der Waals surface area contributed by atoms with Gasteiger partial charge in [-0.3, -0.25) is 4.79 Å². The monoisotopic (exact) mass is 284 g/mol. The molecule has 3 heteroatoms. The van der Waals surface area contributed by atoms with E-state index in [-0.39, 0.29) is 5.91 Å². The van der Waals surface area contributed by atoms with E-state index < -0.39 is 0 Å². The Balaban J connectivity index is 1.70. The zero-order valence-electron chi connectivity index (χ0n) is 13.0. The van der Waals surface area contributed by atoms with Gasteiger partial charge in [-0.15, -0.1) is 0 Å². The predicted octanol–water partition coefficient (Wildman–Crippen LogP) is 4.09. The van der Waals surface area contributed by atoms with E-state index in [4.69, 9.17) is 0 Å². The van der Waals surface area contributed by atoms with Crippen LogP contribution >= 0.6 is 0 Å². The van der Waals surface area contributed by atoms with Gasteiger partial charge in [0.05, 0.1) is 0 Å². The third kappa shape index (κ3) is 2.97. The molecule has 1 aliphatic rings. The second kappa shape index (κ2) is 5.92. The van der Waals surface area contributed by atoms with Crippen LogP contribution in [0.3, 0.4) is 0 Å². The highest BCUT2D eigenvalue weighted by atomic mass is 16.1. The van der Waals surface area contributed by atoms with Crippen molar-refractivity contribution >= 4 is 16.8 Å². The van der Waals surface area contributed by atoms with E-state index in [1.54, 1.807) is 0 Å². The van der Waals surface area contributed by atoms with Gasteiger partial charge in [-0.2, -0.15) is 0 Å². The Bertz CT molecular complexity index is 651. The predicted molar refractivity (Wildman–Crippen MR) is 86.7 cm³/mol. The number of rotatable bonds is 3. The summed E-state index contributed by atoms with van der Waals surface area (Å²) in [7, 11) is 0. The molecule has 0 unspecified atom stereocenters. The van der Waals surface area contributed by atoms with Crippen LogP contribution in [0, 0.1) is 19.8 Å². The molecule has 0 radical (unpaired) electrons. The molecule has 2 aromatic rings. The first-order valence-corrected chi connectivity index (χ1v) is 8.02. The summed E-state index contributed by atoms with van der Waals surface area (Å²) in [5, 5.41) is 4.26. The maximum Gasteiger partial charge on any atom is 0.251 e. The first kappa shape index (κ1) is 14.2. The Labute approximate surface area is 126 Å². The standard InChI is InChI=1S/C18H24N2O/c1-12-13(2)20-17-9-8-15(10-16(12)17)18(21)19-11-14-6-4-3-5-7-14/h8-10,14,20H,3-7,11H2,1-2H3,(H,19,21). The molecule has 3 nitrogen and oxygen atoms in total. The number of nitrogens with one attached hydrogen (secondary N) is 2. The number of carbonyl (C=O) groups excluding carboxylic acids is 1. The van der Waals surface area contributed by atoms with E-state index >= 15 is 0 Å². The fourth-order valence-corrected chi connectivity index (χ4v) is 3.33. The van der Waals surface area contributed by atoms with Crippen molar-refractivity contribution in [3.63, 3.8) is 0 Å². The number of H-pyrrole nitrogens is 1. The third-order valence-corrected chi connectivity index (χ3v) is 4.85. The average Bonchev–Trinajstić information content (AvgIpc) is 2.80. The van der Waals surface area contributed by atoms with Crippen LogP contribution < -0.4 is 5.32 Å². The number of aromatic amines is 1.